The fraction of sp³-hybridized carbons (Fsp3) is 0.471. The van der Waals surface area contributed by atoms with Gasteiger partial charge in [-0.05, 0) is 44.4 Å². The molecule has 0 N–H and O–H groups in total. The highest BCUT2D eigenvalue weighted by molar-refractivity contribution is 5.58. The standard InChI is InChI=1S/C17H21N5/c1-12-10-13(2)20-17(15(12)11-18)22-8-5-14(6-9-22)16-4-7-19-21(16)3/h4,7,10,14H,5-6,8-9H2,1-3H3. The van der Waals surface area contributed by atoms with Crippen LogP contribution in [-0.2, 0) is 7.05 Å². The van der Waals surface area contributed by atoms with Crippen molar-refractivity contribution in [1.82, 2.24) is 14.8 Å². The van der Waals surface area contributed by atoms with Gasteiger partial charge in [0.05, 0.1) is 5.56 Å². The summed E-state index contributed by atoms with van der Waals surface area (Å²) in [5.41, 5.74) is 4.00. The largest absolute Gasteiger partial charge is 0.355 e. The number of hydrogen-bond acceptors (Lipinski definition) is 4. The summed E-state index contributed by atoms with van der Waals surface area (Å²) in [4.78, 5) is 6.88. The van der Waals surface area contributed by atoms with Crippen LogP contribution >= 0.6 is 0 Å². The number of hydrogen-bond donors (Lipinski definition) is 0. The smallest absolute Gasteiger partial charge is 0.147 e. The molecule has 0 amide bonds. The van der Waals surface area contributed by atoms with Crippen LogP contribution in [0.2, 0.25) is 0 Å². The van der Waals surface area contributed by atoms with Crippen LogP contribution in [0, 0.1) is 25.2 Å². The average molecular weight is 295 g/mol. The lowest BCUT2D eigenvalue weighted by Crippen LogP contribution is -2.34. The predicted molar refractivity (Wildman–Crippen MR) is 85.8 cm³/mol. The van der Waals surface area contributed by atoms with Crippen molar-refractivity contribution in [2.45, 2.75) is 32.6 Å². The first-order valence-corrected chi connectivity index (χ1v) is 7.71. The SMILES string of the molecule is Cc1cc(C)c(C#N)c(N2CCC(c3ccnn3C)CC2)n1. The van der Waals surface area contributed by atoms with Crippen LogP contribution < -0.4 is 4.90 Å². The highest BCUT2D eigenvalue weighted by atomic mass is 15.3. The van der Waals surface area contributed by atoms with Crippen LogP contribution in [0.3, 0.4) is 0 Å². The molecule has 1 aliphatic heterocycles. The molecule has 0 atom stereocenters. The molecule has 22 heavy (non-hydrogen) atoms. The summed E-state index contributed by atoms with van der Waals surface area (Å²) in [5, 5.41) is 13.7. The minimum atomic E-state index is 0.542. The van der Waals surface area contributed by atoms with Gasteiger partial charge in [0.1, 0.15) is 11.9 Å². The normalized spacial score (nSPS) is 15.8. The molecule has 1 saturated heterocycles. The Labute approximate surface area is 131 Å². The molecule has 0 saturated carbocycles. The monoisotopic (exact) mass is 295 g/mol. The molecular formula is C17H21N5. The number of nitriles is 1. The molecule has 0 unspecified atom stereocenters. The molecule has 5 heteroatoms. The Kier molecular flexibility index (Phi) is 3.84. The van der Waals surface area contributed by atoms with Gasteiger partial charge in [0.2, 0.25) is 0 Å². The van der Waals surface area contributed by atoms with E-state index < -0.39 is 0 Å². The van der Waals surface area contributed by atoms with Gasteiger partial charge < -0.3 is 4.90 Å². The summed E-state index contributed by atoms with van der Waals surface area (Å²) in [6.07, 6.45) is 4.00. The average Bonchev–Trinajstić information content (AvgIpc) is 2.93. The second kappa shape index (κ2) is 5.80. The maximum atomic E-state index is 9.43. The van der Waals surface area contributed by atoms with Crippen molar-refractivity contribution in [2.75, 3.05) is 18.0 Å². The first-order valence-electron chi connectivity index (χ1n) is 7.71. The van der Waals surface area contributed by atoms with Crippen LogP contribution in [-0.4, -0.2) is 27.9 Å². The fourth-order valence-electron chi connectivity index (χ4n) is 3.36. The predicted octanol–water partition coefficient (Wildman–Crippen LogP) is 2.69. The van der Waals surface area contributed by atoms with Gasteiger partial charge in [-0.1, -0.05) is 0 Å². The van der Waals surface area contributed by atoms with Crippen molar-refractivity contribution >= 4 is 5.82 Å². The second-order valence-corrected chi connectivity index (χ2v) is 6.03. The van der Waals surface area contributed by atoms with E-state index >= 15 is 0 Å². The minimum absolute atomic E-state index is 0.542. The summed E-state index contributed by atoms with van der Waals surface area (Å²) >= 11 is 0. The molecule has 3 heterocycles. The van der Waals surface area contributed by atoms with Gasteiger partial charge in [-0.3, -0.25) is 4.68 Å². The Balaban J connectivity index is 1.80. The molecule has 0 spiro atoms. The third kappa shape index (κ3) is 2.57. The quantitative estimate of drug-likeness (QED) is 0.854. The molecule has 0 bridgehead atoms. The Hall–Kier alpha value is -2.35. The Bertz CT molecular complexity index is 717. The van der Waals surface area contributed by atoms with E-state index in [1.165, 1.54) is 5.69 Å². The van der Waals surface area contributed by atoms with Gasteiger partial charge >= 0.3 is 0 Å². The summed E-state index contributed by atoms with van der Waals surface area (Å²) in [5.74, 6) is 1.39. The number of pyridine rings is 1. The van der Waals surface area contributed by atoms with Gasteiger partial charge in [0.25, 0.3) is 0 Å². The van der Waals surface area contributed by atoms with E-state index in [-0.39, 0.29) is 0 Å². The van der Waals surface area contributed by atoms with Crippen LogP contribution in [0.4, 0.5) is 5.82 Å². The minimum Gasteiger partial charge on any atom is -0.355 e. The van der Waals surface area contributed by atoms with E-state index in [0.717, 1.165) is 43.0 Å². The van der Waals surface area contributed by atoms with Crippen molar-refractivity contribution in [2.24, 2.45) is 7.05 Å². The summed E-state index contributed by atoms with van der Waals surface area (Å²) in [7, 11) is 2.00. The highest BCUT2D eigenvalue weighted by Gasteiger charge is 2.25. The van der Waals surface area contributed by atoms with Gasteiger partial charge in [-0.15, -0.1) is 0 Å². The third-order valence-electron chi connectivity index (χ3n) is 4.51. The number of anilines is 1. The zero-order valence-corrected chi connectivity index (χ0v) is 13.4. The van der Waals surface area contributed by atoms with Gasteiger partial charge in [0, 0.05) is 43.6 Å². The first kappa shape index (κ1) is 14.6. The molecule has 1 fully saturated rings. The summed E-state index contributed by atoms with van der Waals surface area (Å²) < 4.78 is 1.97. The molecule has 2 aromatic rings. The fourth-order valence-corrected chi connectivity index (χ4v) is 3.36. The lowest BCUT2D eigenvalue weighted by atomic mass is 9.93. The van der Waals surface area contributed by atoms with E-state index in [4.69, 9.17) is 0 Å². The van der Waals surface area contributed by atoms with Crippen molar-refractivity contribution in [1.29, 1.82) is 5.26 Å². The van der Waals surface area contributed by atoms with Crippen molar-refractivity contribution < 1.29 is 0 Å². The molecule has 0 radical (unpaired) electrons. The zero-order valence-electron chi connectivity index (χ0n) is 13.4. The Morgan fingerprint density at radius 3 is 2.59 bits per heavy atom. The molecule has 5 nitrogen and oxygen atoms in total. The van der Waals surface area contributed by atoms with Crippen LogP contribution in [0.1, 0.15) is 41.3 Å². The number of piperidine rings is 1. The molecule has 0 aliphatic carbocycles. The Morgan fingerprint density at radius 1 is 1.27 bits per heavy atom. The third-order valence-corrected chi connectivity index (χ3v) is 4.51. The summed E-state index contributed by atoms with van der Waals surface area (Å²) in [6.45, 7) is 5.83. The van der Waals surface area contributed by atoms with E-state index in [0.29, 0.717) is 11.5 Å². The maximum Gasteiger partial charge on any atom is 0.147 e. The lowest BCUT2D eigenvalue weighted by Gasteiger charge is -2.33. The van der Waals surface area contributed by atoms with Crippen LogP contribution in [0.5, 0.6) is 0 Å². The molecule has 1 aliphatic rings. The number of aryl methyl sites for hydroxylation is 3. The molecule has 2 aromatic heterocycles. The van der Waals surface area contributed by atoms with Gasteiger partial charge in [-0.2, -0.15) is 10.4 Å². The van der Waals surface area contributed by atoms with Crippen molar-refractivity contribution in [3.05, 3.63) is 40.8 Å². The van der Waals surface area contributed by atoms with Crippen LogP contribution in [0.25, 0.3) is 0 Å². The molecule has 3 rings (SSSR count). The van der Waals surface area contributed by atoms with Crippen LogP contribution in [0.15, 0.2) is 18.3 Å². The number of rotatable bonds is 2. The van der Waals surface area contributed by atoms with Gasteiger partial charge in [0.15, 0.2) is 0 Å². The number of nitrogens with zero attached hydrogens (tertiary/aromatic N) is 5. The first-order chi connectivity index (χ1) is 10.6. The van der Waals surface area contributed by atoms with Crippen molar-refractivity contribution in [3.63, 3.8) is 0 Å². The highest BCUT2D eigenvalue weighted by Crippen LogP contribution is 2.31. The van der Waals surface area contributed by atoms with E-state index in [1.807, 2.05) is 37.8 Å². The molecule has 114 valence electrons. The zero-order chi connectivity index (χ0) is 15.7. The second-order valence-electron chi connectivity index (χ2n) is 6.03. The lowest BCUT2D eigenvalue weighted by molar-refractivity contribution is 0.475. The van der Waals surface area contributed by atoms with Crippen molar-refractivity contribution in [3.8, 4) is 6.07 Å². The topological polar surface area (TPSA) is 57.7 Å². The maximum absolute atomic E-state index is 9.43. The number of aromatic nitrogens is 3. The molecule has 0 aromatic carbocycles. The van der Waals surface area contributed by atoms with E-state index in [2.05, 4.69) is 27.1 Å². The van der Waals surface area contributed by atoms with Gasteiger partial charge in [-0.25, -0.2) is 4.98 Å². The Morgan fingerprint density at radius 2 is 2.00 bits per heavy atom. The summed E-state index contributed by atoms with van der Waals surface area (Å²) in [6, 6.07) is 6.40. The van der Waals surface area contributed by atoms with E-state index in [9.17, 15) is 5.26 Å². The van der Waals surface area contributed by atoms with E-state index in [1.54, 1.807) is 0 Å². The molecular weight excluding hydrogens is 274 g/mol.